The van der Waals surface area contributed by atoms with Crippen LogP contribution in [-0.4, -0.2) is 32.8 Å². The topological polar surface area (TPSA) is 72.5 Å². The molecule has 2 atom stereocenters. The summed E-state index contributed by atoms with van der Waals surface area (Å²) in [6.07, 6.45) is 5.41. The first-order chi connectivity index (χ1) is 9.89. The lowest BCUT2D eigenvalue weighted by Crippen LogP contribution is -2.41. The first-order valence-corrected chi connectivity index (χ1v) is 9.35. The molecule has 0 aromatic rings. The zero-order valence-electron chi connectivity index (χ0n) is 12.6. The van der Waals surface area contributed by atoms with Gasteiger partial charge in [0.2, 0.25) is 15.9 Å². The van der Waals surface area contributed by atoms with Crippen molar-refractivity contribution < 1.29 is 17.9 Å². The summed E-state index contributed by atoms with van der Waals surface area (Å²) in [6, 6.07) is 0. The Hall–Kier alpha value is -0.880. The lowest BCUT2D eigenvalue weighted by atomic mass is 9.91. The van der Waals surface area contributed by atoms with E-state index in [1.165, 1.54) is 6.42 Å². The molecule has 21 heavy (non-hydrogen) atoms. The minimum Gasteiger partial charge on any atom is -0.373 e. The van der Waals surface area contributed by atoms with Gasteiger partial charge in [0.25, 0.3) is 0 Å². The van der Waals surface area contributed by atoms with Crippen LogP contribution in [-0.2, 0) is 19.6 Å². The Balaban J connectivity index is 1.92. The van der Waals surface area contributed by atoms with Crippen LogP contribution in [0, 0.1) is 11.8 Å². The molecule has 1 heterocycles. The molecule has 1 N–H and O–H groups in total. The van der Waals surface area contributed by atoms with Crippen molar-refractivity contribution in [1.82, 2.24) is 4.72 Å². The zero-order valence-corrected chi connectivity index (χ0v) is 13.5. The van der Waals surface area contributed by atoms with E-state index in [9.17, 15) is 13.2 Å². The second-order valence-electron chi connectivity index (χ2n) is 6.28. The Labute approximate surface area is 127 Å². The summed E-state index contributed by atoms with van der Waals surface area (Å²) in [6.45, 7) is 6.07. The summed E-state index contributed by atoms with van der Waals surface area (Å²) in [5, 5.41) is 0. The fourth-order valence-corrected chi connectivity index (χ4v) is 4.77. The van der Waals surface area contributed by atoms with Gasteiger partial charge in [0.05, 0.1) is 17.8 Å². The maximum absolute atomic E-state index is 12.2. The van der Waals surface area contributed by atoms with Gasteiger partial charge in [-0.05, 0) is 32.1 Å². The Kier molecular flexibility index (Phi) is 5.43. The van der Waals surface area contributed by atoms with Crippen molar-refractivity contribution in [2.75, 3.05) is 12.4 Å². The number of carbonyl (C=O) groups is 1. The highest BCUT2D eigenvalue weighted by Gasteiger charge is 2.36. The van der Waals surface area contributed by atoms with E-state index in [4.69, 9.17) is 4.74 Å². The van der Waals surface area contributed by atoms with E-state index in [-0.39, 0.29) is 17.8 Å². The van der Waals surface area contributed by atoms with Crippen LogP contribution in [0.1, 0.15) is 45.4 Å². The highest BCUT2D eigenvalue weighted by Crippen LogP contribution is 2.27. The van der Waals surface area contributed by atoms with Crippen molar-refractivity contribution >= 4 is 15.9 Å². The van der Waals surface area contributed by atoms with Gasteiger partial charge in [-0.15, -0.1) is 0 Å². The van der Waals surface area contributed by atoms with Crippen LogP contribution in [0.25, 0.3) is 0 Å². The molecule has 0 aromatic carbocycles. The van der Waals surface area contributed by atoms with Crippen LogP contribution < -0.4 is 4.72 Å². The number of sulfonamides is 1. The summed E-state index contributed by atoms with van der Waals surface area (Å²) < 4.78 is 32.0. The molecular formula is C15H25NO4S. The molecule has 0 aromatic heterocycles. The fraction of sp³-hybridized carbons (Fsp3) is 0.800. The summed E-state index contributed by atoms with van der Waals surface area (Å²) in [5.74, 6) is -0.648. The van der Waals surface area contributed by atoms with Crippen molar-refractivity contribution in [2.24, 2.45) is 11.8 Å². The third-order valence-corrected chi connectivity index (χ3v) is 5.77. The van der Waals surface area contributed by atoms with Gasteiger partial charge < -0.3 is 4.74 Å². The SMILES string of the molecule is C=C(C)[C@@H]1OCC[C@@H]1C(=O)NS(=O)(=O)CC1CCCCC1. The number of rotatable bonds is 5. The van der Waals surface area contributed by atoms with E-state index in [0.29, 0.717) is 13.0 Å². The predicted octanol–water partition coefficient (Wildman–Crippen LogP) is 1.99. The fourth-order valence-electron chi connectivity index (χ4n) is 3.28. The molecule has 5 nitrogen and oxygen atoms in total. The maximum atomic E-state index is 12.2. The molecule has 120 valence electrons. The quantitative estimate of drug-likeness (QED) is 0.788. The first-order valence-electron chi connectivity index (χ1n) is 7.70. The van der Waals surface area contributed by atoms with E-state index >= 15 is 0 Å². The molecule has 0 bridgehead atoms. The summed E-state index contributed by atoms with van der Waals surface area (Å²) in [5.41, 5.74) is 0.761. The van der Waals surface area contributed by atoms with Crippen molar-refractivity contribution in [3.8, 4) is 0 Å². The minimum atomic E-state index is -3.55. The van der Waals surface area contributed by atoms with Crippen LogP contribution in [0.3, 0.4) is 0 Å². The molecule has 2 fully saturated rings. The Morgan fingerprint density at radius 3 is 2.52 bits per heavy atom. The van der Waals surface area contributed by atoms with Gasteiger partial charge in [0.1, 0.15) is 0 Å². The number of carbonyl (C=O) groups excluding carboxylic acids is 1. The van der Waals surface area contributed by atoms with E-state index in [0.717, 1.165) is 31.3 Å². The van der Waals surface area contributed by atoms with Gasteiger partial charge in [-0.3, -0.25) is 9.52 Å². The number of ether oxygens (including phenoxy) is 1. The molecule has 1 saturated carbocycles. The monoisotopic (exact) mass is 315 g/mol. The van der Waals surface area contributed by atoms with Crippen LogP contribution in [0.15, 0.2) is 12.2 Å². The summed E-state index contributed by atoms with van der Waals surface area (Å²) >= 11 is 0. The normalized spacial score (nSPS) is 27.5. The number of hydrogen-bond donors (Lipinski definition) is 1. The van der Waals surface area contributed by atoms with E-state index in [1.54, 1.807) is 6.92 Å². The van der Waals surface area contributed by atoms with Crippen molar-refractivity contribution in [3.05, 3.63) is 12.2 Å². The predicted molar refractivity (Wildman–Crippen MR) is 81.2 cm³/mol. The molecule has 0 radical (unpaired) electrons. The van der Waals surface area contributed by atoms with Crippen molar-refractivity contribution in [3.63, 3.8) is 0 Å². The average Bonchev–Trinajstić information content (AvgIpc) is 2.88. The van der Waals surface area contributed by atoms with Crippen molar-refractivity contribution in [2.45, 2.75) is 51.6 Å². The van der Waals surface area contributed by atoms with E-state index < -0.39 is 21.8 Å². The molecule has 1 aliphatic heterocycles. The Morgan fingerprint density at radius 2 is 1.90 bits per heavy atom. The van der Waals surface area contributed by atoms with Gasteiger partial charge >= 0.3 is 0 Å². The standard InChI is InChI=1S/C15H25NO4S/c1-11(2)14-13(8-9-20-14)15(17)16-21(18,19)10-12-6-4-3-5-7-12/h12-14H,1,3-10H2,2H3,(H,16,17)/t13-,14-/m0/s1. The van der Waals surface area contributed by atoms with Gasteiger partial charge in [-0.2, -0.15) is 0 Å². The van der Waals surface area contributed by atoms with Crippen LogP contribution in [0.4, 0.5) is 0 Å². The van der Waals surface area contributed by atoms with Gasteiger partial charge in [0.15, 0.2) is 0 Å². The molecule has 6 heteroatoms. The highest BCUT2D eigenvalue weighted by atomic mass is 32.2. The molecule has 1 aliphatic carbocycles. The number of amides is 1. The summed E-state index contributed by atoms with van der Waals surface area (Å²) in [7, 11) is -3.55. The number of nitrogens with one attached hydrogen (secondary N) is 1. The second-order valence-corrected chi connectivity index (χ2v) is 8.05. The molecule has 1 amide bonds. The largest absolute Gasteiger partial charge is 0.373 e. The summed E-state index contributed by atoms with van der Waals surface area (Å²) in [4.78, 5) is 12.2. The van der Waals surface area contributed by atoms with E-state index in [1.807, 2.05) is 0 Å². The molecule has 1 saturated heterocycles. The zero-order chi connectivity index (χ0) is 15.5. The maximum Gasteiger partial charge on any atom is 0.239 e. The Morgan fingerprint density at radius 1 is 1.24 bits per heavy atom. The van der Waals surface area contributed by atoms with Gasteiger partial charge in [0, 0.05) is 6.61 Å². The third-order valence-electron chi connectivity index (χ3n) is 4.35. The average molecular weight is 315 g/mol. The van der Waals surface area contributed by atoms with Crippen LogP contribution >= 0.6 is 0 Å². The minimum absolute atomic E-state index is 0.0596. The third kappa shape index (κ3) is 4.54. The van der Waals surface area contributed by atoms with Crippen molar-refractivity contribution in [1.29, 1.82) is 0 Å². The first kappa shape index (κ1) is 16.5. The molecule has 0 spiro atoms. The smallest absolute Gasteiger partial charge is 0.239 e. The van der Waals surface area contributed by atoms with Crippen LogP contribution in [0.2, 0.25) is 0 Å². The molecule has 2 rings (SSSR count). The number of hydrogen-bond acceptors (Lipinski definition) is 4. The molecular weight excluding hydrogens is 290 g/mol. The Bertz CT molecular complexity index is 494. The van der Waals surface area contributed by atoms with Crippen LogP contribution in [0.5, 0.6) is 0 Å². The molecule has 0 unspecified atom stereocenters. The lowest BCUT2D eigenvalue weighted by Gasteiger charge is -2.22. The lowest BCUT2D eigenvalue weighted by molar-refractivity contribution is -0.124. The van der Waals surface area contributed by atoms with Gasteiger partial charge in [-0.25, -0.2) is 8.42 Å². The molecule has 2 aliphatic rings. The second kappa shape index (κ2) is 6.92. The van der Waals surface area contributed by atoms with Gasteiger partial charge in [-0.1, -0.05) is 31.4 Å². The van der Waals surface area contributed by atoms with E-state index in [2.05, 4.69) is 11.3 Å². The highest BCUT2D eigenvalue weighted by molar-refractivity contribution is 7.90.